The number of thiazole rings is 1. The van der Waals surface area contributed by atoms with Crippen LogP contribution in [-0.4, -0.2) is 23.4 Å². The molecule has 0 amide bonds. The quantitative estimate of drug-likeness (QED) is 0.795. The first kappa shape index (κ1) is 13.3. The first-order chi connectivity index (χ1) is 7.58. The number of nitrogens with one attached hydrogen (secondary N) is 1. The molecule has 0 aliphatic carbocycles. The van der Waals surface area contributed by atoms with Gasteiger partial charge < -0.3 is 5.32 Å². The van der Waals surface area contributed by atoms with Gasteiger partial charge in [-0.3, -0.25) is 4.79 Å². The van der Waals surface area contributed by atoms with Crippen LogP contribution in [-0.2, 0) is 11.2 Å². The first-order valence-corrected chi connectivity index (χ1v) is 6.62. The number of carbonyl (C=O) groups is 1. The van der Waals surface area contributed by atoms with E-state index in [9.17, 15) is 4.79 Å². The number of hydrogen-bond acceptors (Lipinski definition) is 4. The minimum atomic E-state index is 0.293. The van der Waals surface area contributed by atoms with Crippen LogP contribution in [0.3, 0.4) is 0 Å². The normalized spacial score (nSPS) is 11.0. The minimum absolute atomic E-state index is 0.293. The maximum atomic E-state index is 11.5. The van der Waals surface area contributed by atoms with Gasteiger partial charge >= 0.3 is 0 Å². The van der Waals surface area contributed by atoms with Gasteiger partial charge in [-0.1, -0.05) is 13.8 Å². The molecule has 0 saturated carbocycles. The van der Waals surface area contributed by atoms with Crippen LogP contribution in [0.5, 0.6) is 0 Å². The molecule has 0 fully saturated rings. The molecule has 1 rings (SSSR count). The SMILES string of the molecule is Cc1csc(CCCC(=O)CNC(C)C)n1. The Kier molecular flexibility index (Phi) is 5.63. The Bertz CT molecular complexity index is 334. The molecular formula is C12H20N2OS. The van der Waals surface area contributed by atoms with E-state index < -0.39 is 0 Å². The predicted molar refractivity (Wildman–Crippen MR) is 67.9 cm³/mol. The van der Waals surface area contributed by atoms with E-state index in [4.69, 9.17) is 0 Å². The number of rotatable bonds is 7. The van der Waals surface area contributed by atoms with Gasteiger partial charge in [0.25, 0.3) is 0 Å². The second kappa shape index (κ2) is 6.76. The number of nitrogens with zero attached hydrogens (tertiary/aromatic N) is 1. The molecule has 0 bridgehead atoms. The van der Waals surface area contributed by atoms with Gasteiger partial charge in [-0.2, -0.15) is 0 Å². The van der Waals surface area contributed by atoms with Gasteiger partial charge in [-0.15, -0.1) is 11.3 Å². The molecule has 3 nitrogen and oxygen atoms in total. The lowest BCUT2D eigenvalue weighted by Gasteiger charge is -2.06. The molecule has 0 spiro atoms. The topological polar surface area (TPSA) is 42.0 Å². The lowest BCUT2D eigenvalue weighted by molar-refractivity contribution is -0.118. The molecule has 16 heavy (non-hydrogen) atoms. The summed E-state index contributed by atoms with van der Waals surface area (Å²) in [5, 5.41) is 6.33. The maximum Gasteiger partial charge on any atom is 0.146 e. The van der Waals surface area contributed by atoms with Gasteiger partial charge in [-0.25, -0.2) is 4.98 Å². The van der Waals surface area contributed by atoms with Gasteiger partial charge in [0, 0.05) is 23.5 Å². The standard InChI is InChI=1S/C12H20N2OS/c1-9(2)13-7-11(15)5-4-6-12-14-10(3)8-16-12/h8-9,13H,4-7H2,1-3H3. The summed E-state index contributed by atoms with van der Waals surface area (Å²) < 4.78 is 0. The average molecular weight is 240 g/mol. The summed E-state index contributed by atoms with van der Waals surface area (Å²) in [7, 11) is 0. The van der Waals surface area contributed by atoms with Crippen molar-refractivity contribution in [2.75, 3.05) is 6.54 Å². The van der Waals surface area contributed by atoms with Gasteiger partial charge in [0.2, 0.25) is 0 Å². The molecule has 0 aromatic carbocycles. The van der Waals surface area contributed by atoms with Crippen LogP contribution in [0, 0.1) is 6.92 Å². The van der Waals surface area contributed by atoms with Gasteiger partial charge in [-0.05, 0) is 19.8 Å². The zero-order valence-corrected chi connectivity index (χ0v) is 11.1. The largest absolute Gasteiger partial charge is 0.308 e. The lowest BCUT2D eigenvalue weighted by atomic mass is 10.2. The second-order valence-electron chi connectivity index (χ2n) is 4.31. The van der Waals surface area contributed by atoms with E-state index in [1.807, 2.05) is 20.8 Å². The summed E-state index contributed by atoms with van der Waals surface area (Å²) >= 11 is 1.68. The number of Topliss-reactive ketones (excluding diaryl/α,β-unsaturated/α-hetero) is 1. The Morgan fingerprint density at radius 1 is 1.56 bits per heavy atom. The molecule has 0 saturated heterocycles. The van der Waals surface area contributed by atoms with Crippen molar-refractivity contribution in [1.29, 1.82) is 0 Å². The zero-order chi connectivity index (χ0) is 12.0. The molecule has 1 aromatic rings. The molecule has 1 N–H and O–H groups in total. The Morgan fingerprint density at radius 2 is 2.31 bits per heavy atom. The van der Waals surface area contributed by atoms with E-state index in [1.165, 1.54) is 0 Å². The van der Waals surface area contributed by atoms with Gasteiger partial charge in [0.05, 0.1) is 11.6 Å². The third-order valence-corrected chi connectivity index (χ3v) is 3.25. The second-order valence-corrected chi connectivity index (χ2v) is 5.25. The molecular weight excluding hydrogens is 220 g/mol. The summed E-state index contributed by atoms with van der Waals surface area (Å²) in [6.07, 6.45) is 2.48. The highest BCUT2D eigenvalue weighted by Crippen LogP contribution is 2.11. The number of aromatic nitrogens is 1. The van der Waals surface area contributed by atoms with Crippen LogP contribution in [0.15, 0.2) is 5.38 Å². The van der Waals surface area contributed by atoms with Crippen molar-refractivity contribution in [2.45, 2.75) is 46.1 Å². The fourth-order valence-electron chi connectivity index (χ4n) is 1.36. The Hall–Kier alpha value is -0.740. The molecule has 0 unspecified atom stereocenters. The molecule has 0 atom stereocenters. The van der Waals surface area contributed by atoms with Crippen molar-refractivity contribution in [2.24, 2.45) is 0 Å². The highest BCUT2D eigenvalue weighted by atomic mass is 32.1. The summed E-state index contributed by atoms with van der Waals surface area (Å²) in [4.78, 5) is 15.8. The zero-order valence-electron chi connectivity index (χ0n) is 10.2. The molecule has 0 radical (unpaired) electrons. The van der Waals surface area contributed by atoms with Gasteiger partial charge in [0.1, 0.15) is 5.78 Å². The number of ketones is 1. The van der Waals surface area contributed by atoms with Crippen LogP contribution < -0.4 is 5.32 Å². The van der Waals surface area contributed by atoms with Crippen LogP contribution in [0.25, 0.3) is 0 Å². The fraction of sp³-hybridized carbons (Fsp3) is 0.667. The van der Waals surface area contributed by atoms with Crippen LogP contribution >= 0.6 is 11.3 Å². The molecule has 0 aliphatic rings. The lowest BCUT2D eigenvalue weighted by Crippen LogP contribution is -2.29. The number of carbonyl (C=O) groups excluding carboxylic acids is 1. The summed E-state index contributed by atoms with van der Waals surface area (Å²) in [6, 6.07) is 0.380. The van der Waals surface area contributed by atoms with E-state index in [0.29, 0.717) is 24.8 Å². The summed E-state index contributed by atoms with van der Waals surface area (Å²) in [5.41, 5.74) is 1.08. The smallest absolute Gasteiger partial charge is 0.146 e. The van der Waals surface area contributed by atoms with E-state index in [2.05, 4.69) is 15.7 Å². The number of aryl methyl sites for hydroxylation is 2. The van der Waals surface area contributed by atoms with Crippen molar-refractivity contribution in [3.8, 4) is 0 Å². The monoisotopic (exact) mass is 240 g/mol. The maximum absolute atomic E-state index is 11.5. The third-order valence-electron chi connectivity index (χ3n) is 2.22. The first-order valence-electron chi connectivity index (χ1n) is 5.74. The molecule has 1 aromatic heterocycles. The Balaban J connectivity index is 2.13. The van der Waals surface area contributed by atoms with Crippen LogP contribution in [0.2, 0.25) is 0 Å². The Labute approximate surface area is 101 Å². The van der Waals surface area contributed by atoms with Gasteiger partial charge in [0.15, 0.2) is 0 Å². The van der Waals surface area contributed by atoms with Crippen molar-refractivity contribution in [3.63, 3.8) is 0 Å². The highest BCUT2D eigenvalue weighted by Gasteiger charge is 2.04. The van der Waals surface area contributed by atoms with Crippen molar-refractivity contribution < 1.29 is 4.79 Å². The van der Waals surface area contributed by atoms with E-state index in [0.717, 1.165) is 23.5 Å². The van der Waals surface area contributed by atoms with Crippen molar-refractivity contribution in [3.05, 3.63) is 16.1 Å². The van der Waals surface area contributed by atoms with Crippen LogP contribution in [0.4, 0.5) is 0 Å². The van der Waals surface area contributed by atoms with Crippen molar-refractivity contribution >= 4 is 17.1 Å². The molecule has 1 heterocycles. The average Bonchev–Trinajstić information content (AvgIpc) is 2.61. The van der Waals surface area contributed by atoms with E-state index in [1.54, 1.807) is 11.3 Å². The van der Waals surface area contributed by atoms with Crippen molar-refractivity contribution in [1.82, 2.24) is 10.3 Å². The fourth-order valence-corrected chi connectivity index (χ4v) is 2.18. The van der Waals surface area contributed by atoms with E-state index >= 15 is 0 Å². The number of hydrogen-bond donors (Lipinski definition) is 1. The molecule has 0 aliphatic heterocycles. The summed E-state index contributed by atoms with van der Waals surface area (Å²) in [5.74, 6) is 0.293. The van der Waals surface area contributed by atoms with E-state index in [-0.39, 0.29) is 0 Å². The van der Waals surface area contributed by atoms with Crippen LogP contribution in [0.1, 0.15) is 37.4 Å². The molecule has 90 valence electrons. The third kappa shape index (κ3) is 5.37. The molecule has 4 heteroatoms. The Morgan fingerprint density at radius 3 is 2.88 bits per heavy atom. The summed E-state index contributed by atoms with van der Waals surface area (Å²) in [6.45, 7) is 6.59. The minimum Gasteiger partial charge on any atom is -0.308 e. The predicted octanol–water partition coefficient (Wildman–Crippen LogP) is 2.34. The highest BCUT2D eigenvalue weighted by molar-refractivity contribution is 7.09.